The summed E-state index contributed by atoms with van der Waals surface area (Å²) in [5.41, 5.74) is 1.88. The van der Waals surface area contributed by atoms with Crippen molar-refractivity contribution in [1.29, 1.82) is 0 Å². The number of hydrogen-bond donors (Lipinski definition) is 2. The molecule has 1 amide bonds. The molecule has 2 rings (SSSR count). The third-order valence-electron chi connectivity index (χ3n) is 3.57. The molecule has 0 unspecified atom stereocenters. The average Bonchev–Trinajstić information content (AvgIpc) is 2.55. The number of amides is 1. The number of rotatable bonds is 7. The predicted octanol–water partition coefficient (Wildman–Crippen LogP) is 3.28. The highest BCUT2D eigenvalue weighted by Gasteiger charge is 2.23. The maximum Gasteiger partial charge on any atom is 0.405 e. The minimum atomic E-state index is -1.07. The van der Waals surface area contributed by atoms with Gasteiger partial charge in [-0.3, -0.25) is 4.98 Å². The number of benzene rings is 1. The Morgan fingerprint density at radius 1 is 1.12 bits per heavy atom. The van der Waals surface area contributed by atoms with Gasteiger partial charge in [-0.15, -0.1) is 0 Å². The fraction of sp³-hybridized carbons (Fsp3) is 0.333. The maximum atomic E-state index is 10.8. The highest BCUT2D eigenvalue weighted by atomic mass is 16.5. The van der Waals surface area contributed by atoms with Gasteiger partial charge in [0.1, 0.15) is 12.4 Å². The number of ether oxygens (including phenoxy) is 2. The number of carboxylic acid groups (broad SMARTS) is 1. The molecular weight excluding hydrogens is 308 g/mol. The minimum Gasteiger partial charge on any atom is -0.491 e. The van der Waals surface area contributed by atoms with E-state index in [0.29, 0.717) is 18.9 Å². The average molecular weight is 330 g/mol. The van der Waals surface area contributed by atoms with Gasteiger partial charge in [0.25, 0.3) is 0 Å². The molecular formula is C18H22N2O4. The largest absolute Gasteiger partial charge is 0.491 e. The van der Waals surface area contributed by atoms with Crippen LogP contribution in [0.25, 0.3) is 11.1 Å². The molecule has 1 aromatic carbocycles. The van der Waals surface area contributed by atoms with Crippen LogP contribution in [0.1, 0.15) is 19.5 Å². The summed E-state index contributed by atoms with van der Waals surface area (Å²) in [4.78, 5) is 15.2. The third-order valence-corrected chi connectivity index (χ3v) is 3.57. The van der Waals surface area contributed by atoms with Crippen molar-refractivity contribution in [2.45, 2.75) is 19.4 Å². The highest BCUT2D eigenvalue weighted by molar-refractivity contribution is 5.66. The molecule has 0 saturated carbocycles. The number of nitrogens with one attached hydrogen (secondary N) is 1. The first kappa shape index (κ1) is 17.7. The van der Waals surface area contributed by atoms with Crippen LogP contribution in [0.3, 0.4) is 0 Å². The smallest absolute Gasteiger partial charge is 0.405 e. The van der Waals surface area contributed by atoms with Gasteiger partial charge in [-0.25, -0.2) is 4.79 Å². The molecule has 128 valence electrons. The SMILES string of the molecule is COCCOc1ccc(-c2ccc(C(C)(C)NC(=O)O)nc2)cc1. The Hall–Kier alpha value is -2.60. The normalized spacial score (nSPS) is 11.1. The second kappa shape index (κ2) is 7.79. The Morgan fingerprint density at radius 2 is 1.79 bits per heavy atom. The van der Waals surface area contributed by atoms with Crippen molar-refractivity contribution in [3.05, 3.63) is 48.3 Å². The second-order valence-electron chi connectivity index (χ2n) is 5.85. The Bertz CT molecular complexity index is 666. The maximum absolute atomic E-state index is 10.8. The van der Waals surface area contributed by atoms with Crippen molar-refractivity contribution in [3.63, 3.8) is 0 Å². The summed E-state index contributed by atoms with van der Waals surface area (Å²) in [6.07, 6.45) is 0.663. The molecule has 2 aromatic rings. The van der Waals surface area contributed by atoms with Crippen molar-refractivity contribution in [2.75, 3.05) is 20.3 Å². The molecule has 0 atom stereocenters. The molecule has 2 N–H and O–H groups in total. The van der Waals surface area contributed by atoms with E-state index in [9.17, 15) is 4.79 Å². The number of hydrogen-bond acceptors (Lipinski definition) is 4. The van der Waals surface area contributed by atoms with Gasteiger partial charge in [0.15, 0.2) is 0 Å². The molecule has 0 bridgehead atoms. The van der Waals surface area contributed by atoms with Gasteiger partial charge in [-0.2, -0.15) is 0 Å². The lowest BCUT2D eigenvalue weighted by Crippen LogP contribution is -2.40. The molecule has 1 heterocycles. The number of nitrogens with zero attached hydrogens (tertiary/aromatic N) is 1. The standard InChI is InChI=1S/C18H22N2O4/c1-18(2,20-17(21)22)16-9-6-14(12-19-16)13-4-7-15(8-5-13)24-11-10-23-3/h4-9,12,20H,10-11H2,1-3H3,(H,21,22). The van der Waals surface area contributed by atoms with Crippen LogP contribution in [0.2, 0.25) is 0 Å². The van der Waals surface area contributed by atoms with Gasteiger partial charge < -0.3 is 19.9 Å². The molecule has 0 fully saturated rings. The number of aromatic nitrogens is 1. The third kappa shape index (κ3) is 4.70. The van der Waals surface area contributed by atoms with E-state index in [-0.39, 0.29) is 0 Å². The van der Waals surface area contributed by atoms with Gasteiger partial charge in [-0.05, 0) is 37.6 Å². The van der Waals surface area contributed by atoms with Gasteiger partial charge in [0, 0.05) is 18.9 Å². The van der Waals surface area contributed by atoms with Gasteiger partial charge in [-0.1, -0.05) is 18.2 Å². The van der Waals surface area contributed by atoms with E-state index in [1.54, 1.807) is 27.2 Å². The fourth-order valence-corrected chi connectivity index (χ4v) is 2.25. The van der Waals surface area contributed by atoms with Crippen molar-refractivity contribution in [1.82, 2.24) is 10.3 Å². The van der Waals surface area contributed by atoms with Gasteiger partial charge in [0.05, 0.1) is 17.8 Å². The lowest BCUT2D eigenvalue weighted by Gasteiger charge is -2.24. The summed E-state index contributed by atoms with van der Waals surface area (Å²) in [5.74, 6) is 0.784. The zero-order chi connectivity index (χ0) is 17.6. The summed E-state index contributed by atoms with van der Waals surface area (Å²) >= 11 is 0. The van der Waals surface area contributed by atoms with Crippen LogP contribution < -0.4 is 10.1 Å². The van der Waals surface area contributed by atoms with E-state index in [4.69, 9.17) is 14.6 Å². The topological polar surface area (TPSA) is 80.7 Å². The van der Waals surface area contributed by atoms with Crippen LogP contribution in [-0.4, -0.2) is 36.5 Å². The van der Waals surface area contributed by atoms with E-state index in [0.717, 1.165) is 16.9 Å². The molecule has 6 heteroatoms. The summed E-state index contributed by atoms with van der Waals surface area (Å²) in [6.45, 7) is 4.61. The van der Waals surface area contributed by atoms with E-state index in [1.807, 2.05) is 36.4 Å². The molecule has 0 aliphatic carbocycles. The molecule has 6 nitrogen and oxygen atoms in total. The summed E-state index contributed by atoms with van der Waals surface area (Å²) < 4.78 is 10.5. The Balaban J connectivity index is 2.09. The zero-order valence-corrected chi connectivity index (χ0v) is 14.1. The predicted molar refractivity (Wildman–Crippen MR) is 91.2 cm³/mol. The Kier molecular flexibility index (Phi) is 5.76. The van der Waals surface area contributed by atoms with Gasteiger partial charge >= 0.3 is 6.09 Å². The van der Waals surface area contributed by atoms with Crippen LogP contribution in [0.15, 0.2) is 42.6 Å². The first-order valence-electron chi connectivity index (χ1n) is 7.62. The molecule has 0 aliphatic rings. The van der Waals surface area contributed by atoms with Crippen LogP contribution in [-0.2, 0) is 10.3 Å². The quantitative estimate of drug-likeness (QED) is 0.762. The second-order valence-corrected chi connectivity index (χ2v) is 5.85. The minimum absolute atomic E-state index is 0.512. The van der Waals surface area contributed by atoms with Crippen LogP contribution in [0.4, 0.5) is 4.79 Å². The fourth-order valence-electron chi connectivity index (χ4n) is 2.25. The summed E-state index contributed by atoms with van der Waals surface area (Å²) in [6, 6.07) is 11.5. The summed E-state index contributed by atoms with van der Waals surface area (Å²) in [5, 5.41) is 11.3. The number of pyridine rings is 1. The van der Waals surface area contributed by atoms with E-state index in [2.05, 4.69) is 10.3 Å². The van der Waals surface area contributed by atoms with E-state index in [1.165, 1.54) is 0 Å². The Morgan fingerprint density at radius 3 is 2.33 bits per heavy atom. The Labute approximate surface area is 141 Å². The van der Waals surface area contributed by atoms with Crippen LogP contribution in [0.5, 0.6) is 5.75 Å². The molecule has 0 saturated heterocycles. The van der Waals surface area contributed by atoms with Crippen LogP contribution >= 0.6 is 0 Å². The molecule has 1 aromatic heterocycles. The molecule has 0 radical (unpaired) electrons. The highest BCUT2D eigenvalue weighted by Crippen LogP contribution is 2.24. The van der Waals surface area contributed by atoms with Crippen molar-refractivity contribution >= 4 is 6.09 Å². The van der Waals surface area contributed by atoms with Crippen molar-refractivity contribution in [3.8, 4) is 16.9 Å². The first-order valence-corrected chi connectivity index (χ1v) is 7.62. The lowest BCUT2D eigenvalue weighted by molar-refractivity contribution is 0.146. The number of carbonyl (C=O) groups is 1. The van der Waals surface area contributed by atoms with E-state index >= 15 is 0 Å². The first-order chi connectivity index (χ1) is 11.4. The van der Waals surface area contributed by atoms with E-state index < -0.39 is 11.6 Å². The lowest BCUT2D eigenvalue weighted by atomic mass is 9.98. The number of methoxy groups -OCH3 is 1. The molecule has 24 heavy (non-hydrogen) atoms. The van der Waals surface area contributed by atoms with Crippen molar-refractivity contribution < 1.29 is 19.4 Å². The monoisotopic (exact) mass is 330 g/mol. The summed E-state index contributed by atoms with van der Waals surface area (Å²) in [7, 11) is 1.64. The molecule has 0 spiro atoms. The molecule has 0 aliphatic heterocycles. The van der Waals surface area contributed by atoms with Crippen LogP contribution in [0, 0.1) is 0 Å². The van der Waals surface area contributed by atoms with Gasteiger partial charge in [0.2, 0.25) is 0 Å². The van der Waals surface area contributed by atoms with Crippen molar-refractivity contribution in [2.24, 2.45) is 0 Å². The zero-order valence-electron chi connectivity index (χ0n) is 14.1.